The Morgan fingerprint density at radius 2 is 2.12 bits per heavy atom. The molecule has 0 spiro atoms. The third-order valence-corrected chi connectivity index (χ3v) is 3.18. The standard InChI is InChI=1S/C13H21BrN2O/c1-10(2)16(6-7-17)13-8-12(14)5-4-11(13)9-15-3/h4-5,8,10,15,17H,6-7,9H2,1-3H3. The fourth-order valence-corrected chi connectivity index (χ4v) is 2.26. The molecule has 0 aliphatic rings. The highest BCUT2D eigenvalue weighted by Crippen LogP contribution is 2.26. The van der Waals surface area contributed by atoms with Gasteiger partial charge in [-0.25, -0.2) is 0 Å². The Balaban J connectivity index is 3.09. The molecule has 0 aliphatic carbocycles. The fourth-order valence-electron chi connectivity index (χ4n) is 1.91. The molecule has 0 bridgehead atoms. The molecule has 1 aromatic rings. The van der Waals surface area contributed by atoms with Gasteiger partial charge in [0, 0.05) is 29.3 Å². The Kier molecular flexibility index (Phi) is 5.95. The Labute approximate surface area is 112 Å². The molecule has 0 heterocycles. The van der Waals surface area contributed by atoms with Crippen LogP contribution in [-0.2, 0) is 6.54 Å². The third-order valence-electron chi connectivity index (χ3n) is 2.69. The molecule has 0 atom stereocenters. The lowest BCUT2D eigenvalue weighted by Crippen LogP contribution is -2.34. The van der Waals surface area contributed by atoms with Crippen molar-refractivity contribution in [3.63, 3.8) is 0 Å². The van der Waals surface area contributed by atoms with E-state index in [9.17, 15) is 0 Å². The molecule has 0 saturated carbocycles. The number of anilines is 1. The summed E-state index contributed by atoms with van der Waals surface area (Å²) in [7, 11) is 1.94. The summed E-state index contributed by atoms with van der Waals surface area (Å²) in [6.07, 6.45) is 0. The van der Waals surface area contributed by atoms with Gasteiger partial charge in [-0.3, -0.25) is 0 Å². The molecular weight excluding hydrogens is 280 g/mol. The molecule has 4 heteroatoms. The summed E-state index contributed by atoms with van der Waals surface area (Å²) >= 11 is 3.51. The number of halogens is 1. The largest absolute Gasteiger partial charge is 0.395 e. The highest BCUT2D eigenvalue weighted by atomic mass is 79.9. The Hall–Kier alpha value is -0.580. The van der Waals surface area contributed by atoms with Gasteiger partial charge >= 0.3 is 0 Å². The van der Waals surface area contributed by atoms with Crippen LogP contribution in [0.4, 0.5) is 5.69 Å². The van der Waals surface area contributed by atoms with E-state index in [2.05, 4.69) is 52.1 Å². The van der Waals surface area contributed by atoms with Gasteiger partial charge < -0.3 is 15.3 Å². The summed E-state index contributed by atoms with van der Waals surface area (Å²) < 4.78 is 1.07. The van der Waals surface area contributed by atoms with E-state index in [1.54, 1.807) is 0 Å². The van der Waals surface area contributed by atoms with E-state index in [1.165, 1.54) is 11.3 Å². The molecule has 96 valence electrons. The average Bonchev–Trinajstić information content (AvgIpc) is 2.28. The van der Waals surface area contributed by atoms with Crippen LogP contribution in [0.5, 0.6) is 0 Å². The Bertz CT molecular complexity index is 355. The van der Waals surface area contributed by atoms with Crippen LogP contribution < -0.4 is 10.2 Å². The highest BCUT2D eigenvalue weighted by Gasteiger charge is 2.14. The molecule has 0 amide bonds. The molecule has 0 aromatic heterocycles. The first kappa shape index (κ1) is 14.5. The minimum atomic E-state index is 0.170. The predicted molar refractivity (Wildman–Crippen MR) is 76.5 cm³/mol. The second-order valence-corrected chi connectivity index (χ2v) is 5.23. The summed E-state index contributed by atoms with van der Waals surface area (Å²) in [5.74, 6) is 0. The van der Waals surface area contributed by atoms with Crippen LogP contribution >= 0.6 is 15.9 Å². The number of hydrogen-bond acceptors (Lipinski definition) is 3. The van der Waals surface area contributed by atoms with Crippen molar-refractivity contribution < 1.29 is 5.11 Å². The van der Waals surface area contributed by atoms with Gasteiger partial charge in [0.05, 0.1) is 6.61 Å². The molecule has 3 nitrogen and oxygen atoms in total. The monoisotopic (exact) mass is 300 g/mol. The van der Waals surface area contributed by atoms with Crippen LogP contribution in [0.3, 0.4) is 0 Å². The molecule has 0 aliphatic heterocycles. The van der Waals surface area contributed by atoms with Crippen LogP contribution in [0, 0.1) is 0 Å². The number of nitrogens with one attached hydrogen (secondary N) is 1. The van der Waals surface area contributed by atoms with E-state index in [-0.39, 0.29) is 6.61 Å². The van der Waals surface area contributed by atoms with Crippen LogP contribution in [0.2, 0.25) is 0 Å². The molecule has 2 N–H and O–H groups in total. The van der Waals surface area contributed by atoms with E-state index < -0.39 is 0 Å². The first-order valence-corrected chi connectivity index (χ1v) is 6.70. The molecule has 0 unspecified atom stereocenters. The van der Waals surface area contributed by atoms with Gasteiger partial charge in [0.25, 0.3) is 0 Å². The molecule has 17 heavy (non-hydrogen) atoms. The summed E-state index contributed by atoms with van der Waals surface area (Å²) in [5, 5.41) is 12.3. The van der Waals surface area contributed by atoms with Crippen LogP contribution in [0.15, 0.2) is 22.7 Å². The maximum Gasteiger partial charge on any atom is 0.0606 e. The minimum Gasteiger partial charge on any atom is -0.395 e. The van der Waals surface area contributed by atoms with E-state index in [0.717, 1.165) is 11.0 Å². The van der Waals surface area contributed by atoms with Gasteiger partial charge in [-0.1, -0.05) is 22.0 Å². The lowest BCUT2D eigenvalue weighted by molar-refractivity contribution is 0.299. The van der Waals surface area contributed by atoms with Crippen LogP contribution in [0.25, 0.3) is 0 Å². The maximum atomic E-state index is 9.17. The Morgan fingerprint density at radius 3 is 2.65 bits per heavy atom. The topological polar surface area (TPSA) is 35.5 Å². The van der Waals surface area contributed by atoms with Crippen molar-refractivity contribution in [3.8, 4) is 0 Å². The SMILES string of the molecule is CNCc1ccc(Br)cc1N(CCO)C(C)C. The van der Waals surface area contributed by atoms with Crippen molar-refractivity contribution in [3.05, 3.63) is 28.2 Å². The van der Waals surface area contributed by atoms with Gasteiger partial charge in [-0.2, -0.15) is 0 Å². The van der Waals surface area contributed by atoms with Crippen molar-refractivity contribution in [2.24, 2.45) is 0 Å². The molecule has 0 fully saturated rings. The summed E-state index contributed by atoms with van der Waals surface area (Å²) in [6.45, 7) is 5.94. The summed E-state index contributed by atoms with van der Waals surface area (Å²) in [4.78, 5) is 2.22. The van der Waals surface area contributed by atoms with E-state index in [1.807, 2.05) is 13.1 Å². The zero-order valence-corrected chi connectivity index (χ0v) is 12.3. The summed E-state index contributed by atoms with van der Waals surface area (Å²) in [5.41, 5.74) is 2.43. The number of aliphatic hydroxyl groups excluding tert-OH is 1. The zero-order valence-electron chi connectivity index (χ0n) is 10.7. The number of nitrogens with zero attached hydrogens (tertiary/aromatic N) is 1. The normalized spacial score (nSPS) is 10.9. The second kappa shape index (κ2) is 6.99. The Morgan fingerprint density at radius 1 is 1.41 bits per heavy atom. The highest BCUT2D eigenvalue weighted by molar-refractivity contribution is 9.10. The number of aliphatic hydroxyl groups is 1. The molecule has 1 aromatic carbocycles. The lowest BCUT2D eigenvalue weighted by Gasteiger charge is -2.30. The zero-order chi connectivity index (χ0) is 12.8. The summed E-state index contributed by atoms with van der Waals surface area (Å²) in [6, 6.07) is 6.64. The first-order chi connectivity index (χ1) is 8.10. The average molecular weight is 301 g/mol. The number of benzene rings is 1. The number of rotatable bonds is 6. The maximum absolute atomic E-state index is 9.17. The van der Waals surface area contributed by atoms with Gasteiger partial charge in [-0.15, -0.1) is 0 Å². The quantitative estimate of drug-likeness (QED) is 0.847. The minimum absolute atomic E-state index is 0.170. The van der Waals surface area contributed by atoms with Gasteiger partial charge in [0.2, 0.25) is 0 Å². The second-order valence-electron chi connectivity index (χ2n) is 4.31. The van der Waals surface area contributed by atoms with Crippen molar-refractivity contribution in [2.75, 3.05) is 25.1 Å². The fraction of sp³-hybridized carbons (Fsp3) is 0.538. The van der Waals surface area contributed by atoms with Crippen molar-refractivity contribution >= 4 is 21.6 Å². The van der Waals surface area contributed by atoms with Crippen LogP contribution in [0.1, 0.15) is 19.4 Å². The predicted octanol–water partition coefficient (Wildman–Crippen LogP) is 2.38. The molecule has 1 rings (SSSR count). The van der Waals surface area contributed by atoms with Crippen molar-refractivity contribution in [1.82, 2.24) is 5.32 Å². The van der Waals surface area contributed by atoms with Gasteiger partial charge in [0.15, 0.2) is 0 Å². The lowest BCUT2D eigenvalue weighted by atomic mass is 10.1. The number of hydrogen-bond donors (Lipinski definition) is 2. The molecule has 0 radical (unpaired) electrons. The van der Waals surface area contributed by atoms with Crippen molar-refractivity contribution in [1.29, 1.82) is 0 Å². The first-order valence-electron chi connectivity index (χ1n) is 5.90. The van der Waals surface area contributed by atoms with Gasteiger partial charge in [0.1, 0.15) is 0 Å². The van der Waals surface area contributed by atoms with E-state index in [4.69, 9.17) is 5.11 Å². The van der Waals surface area contributed by atoms with E-state index >= 15 is 0 Å². The molecular formula is C13H21BrN2O. The molecule has 0 saturated heterocycles. The third kappa shape index (κ3) is 3.98. The smallest absolute Gasteiger partial charge is 0.0606 e. The van der Waals surface area contributed by atoms with Crippen LogP contribution in [-0.4, -0.2) is 31.3 Å². The van der Waals surface area contributed by atoms with Crippen molar-refractivity contribution in [2.45, 2.75) is 26.4 Å². The van der Waals surface area contributed by atoms with E-state index in [0.29, 0.717) is 12.6 Å². The van der Waals surface area contributed by atoms with Gasteiger partial charge in [-0.05, 0) is 38.6 Å².